The lowest BCUT2D eigenvalue weighted by Crippen LogP contribution is -2.20. The molecule has 2 aromatic rings. The number of benzene rings is 1. The maximum absolute atomic E-state index is 10.7. The summed E-state index contributed by atoms with van der Waals surface area (Å²) in [5.74, 6) is 0.00997. The number of pyridine rings is 1. The molecule has 0 radical (unpaired) electrons. The Hall–Kier alpha value is -2.16. The average Bonchev–Trinajstić information content (AvgIpc) is 2.38. The Morgan fingerprint density at radius 3 is 3.06 bits per heavy atom. The maximum atomic E-state index is 10.7. The van der Waals surface area contributed by atoms with E-state index < -0.39 is 0 Å². The third-order valence-corrected chi connectivity index (χ3v) is 2.61. The molecule has 0 atom stereocenters. The molecule has 0 saturated heterocycles. The zero-order valence-corrected chi connectivity index (χ0v) is 10.4. The van der Waals surface area contributed by atoms with Gasteiger partial charge in [-0.2, -0.15) is 0 Å². The molecule has 3 nitrogen and oxygen atoms in total. The fourth-order valence-corrected chi connectivity index (χ4v) is 1.73. The number of aromatic nitrogens is 1. The number of fused-ring (bicyclic) bond motifs is 1. The molecule has 2 rings (SSSR count). The number of nitrogens with zero attached hydrogens (tertiary/aromatic N) is 1. The minimum Gasteiger partial charge on any atom is -0.356 e. The molecule has 1 amide bonds. The molecule has 1 aromatic carbocycles. The molecule has 92 valence electrons. The van der Waals surface area contributed by atoms with Crippen LogP contribution in [0.3, 0.4) is 0 Å². The van der Waals surface area contributed by atoms with Crippen molar-refractivity contribution in [3.05, 3.63) is 48.2 Å². The molecule has 18 heavy (non-hydrogen) atoms. The Morgan fingerprint density at radius 1 is 1.39 bits per heavy atom. The summed E-state index contributed by atoms with van der Waals surface area (Å²) >= 11 is 0. The lowest BCUT2D eigenvalue weighted by Gasteiger charge is -1.99. The second-order valence-corrected chi connectivity index (χ2v) is 4.14. The summed E-state index contributed by atoms with van der Waals surface area (Å²) in [6.45, 7) is 2.20. The van der Waals surface area contributed by atoms with Crippen LogP contribution < -0.4 is 5.32 Å². The second kappa shape index (κ2) is 5.96. The van der Waals surface area contributed by atoms with E-state index in [1.807, 2.05) is 36.5 Å². The molecule has 0 aliphatic rings. The van der Waals surface area contributed by atoms with E-state index in [4.69, 9.17) is 0 Å². The first-order valence-corrected chi connectivity index (χ1v) is 6.01. The van der Waals surface area contributed by atoms with Gasteiger partial charge in [0.15, 0.2) is 0 Å². The number of carbonyl (C=O) groups excluding carboxylic acids is 1. The summed E-state index contributed by atoms with van der Waals surface area (Å²) in [7, 11) is 0. The molecular formula is C15H16N2O. The van der Waals surface area contributed by atoms with Crippen molar-refractivity contribution in [2.75, 3.05) is 6.54 Å². The Bertz CT molecular complexity index is 575. The van der Waals surface area contributed by atoms with E-state index in [-0.39, 0.29) is 5.91 Å². The predicted molar refractivity (Wildman–Crippen MR) is 74.1 cm³/mol. The van der Waals surface area contributed by atoms with E-state index in [9.17, 15) is 4.79 Å². The first kappa shape index (κ1) is 12.3. The van der Waals surface area contributed by atoms with Crippen molar-refractivity contribution in [3.63, 3.8) is 0 Å². The molecule has 0 aliphatic heterocycles. The van der Waals surface area contributed by atoms with Crippen LogP contribution in [0.4, 0.5) is 0 Å². The lowest BCUT2D eigenvalue weighted by molar-refractivity contribution is -0.118. The van der Waals surface area contributed by atoms with E-state index >= 15 is 0 Å². The van der Waals surface area contributed by atoms with Gasteiger partial charge in [0, 0.05) is 25.1 Å². The summed E-state index contributed by atoms with van der Waals surface area (Å²) in [4.78, 5) is 15.1. The number of amides is 1. The van der Waals surface area contributed by atoms with Crippen molar-refractivity contribution in [2.45, 2.75) is 13.3 Å². The third-order valence-electron chi connectivity index (χ3n) is 2.61. The van der Waals surface area contributed by atoms with Crippen LogP contribution in [0, 0.1) is 0 Å². The first-order valence-electron chi connectivity index (χ1n) is 6.01. The van der Waals surface area contributed by atoms with Gasteiger partial charge in [0.25, 0.3) is 0 Å². The summed E-state index contributed by atoms with van der Waals surface area (Å²) in [5.41, 5.74) is 2.09. The van der Waals surface area contributed by atoms with Crippen LogP contribution in [-0.4, -0.2) is 17.4 Å². The van der Waals surface area contributed by atoms with Crippen LogP contribution in [0.25, 0.3) is 17.0 Å². The molecule has 0 aliphatic carbocycles. The smallest absolute Gasteiger partial charge is 0.216 e. The highest BCUT2D eigenvalue weighted by Gasteiger charge is 1.94. The van der Waals surface area contributed by atoms with Gasteiger partial charge in [-0.1, -0.05) is 30.4 Å². The van der Waals surface area contributed by atoms with Crippen LogP contribution in [0.15, 0.2) is 42.6 Å². The number of rotatable bonds is 4. The van der Waals surface area contributed by atoms with E-state index in [1.54, 1.807) is 0 Å². The van der Waals surface area contributed by atoms with Crippen LogP contribution in [0.5, 0.6) is 0 Å². The van der Waals surface area contributed by atoms with Gasteiger partial charge in [0.1, 0.15) is 0 Å². The fraction of sp³-hybridized carbons (Fsp3) is 0.200. The maximum Gasteiger partial charge on any atom is 0.216 e. The van der Waals surface area contributed by atoms with Gasteiger partial charge in [-0.05, 0) is 24.1 Å². The zero-order chi connectivity index (χ0) is 12.8. The van der Waals surface area contributed by atoms with Gasteiger partial charge in [0.05, 0.1) is 5.52 Å². The molecule has 0 spiro atoms. The van der Waals surface area contributed by atoms with E-state index in [0.29, 0.717) is 6.54 Å². The summed E-state index contributed by atoms with van der Waals surface area (Å²) in [6.07, 6.45) is 6.76. The van der Waals surface area contributed by atoms with Gasteiger partial charge in [0.2, 0.25) is 5.91 Å². The average molecular weight is 240 g/mol. The molecule has 1 N–H and O–H groups in total. The number of para-hydroxylation sites is 1. The highest BCUT2D eigenvalue weighted by molar-refractivity contribution is 5.80. The molecule has 3 heteroatoms. The van der Waals surface area contributed by atoms with Gasteiger partial charge in [-0.15, -0.1) is 0 Å². The minimum atomic E-state index is 0.00997. The second-order valence-electron chi connectivity index (χ2n) is 4.14. The highest BCUT2D eigenvalue weighted by Crippen LogP contribution is 2.13. The molecule has 1 heterocycles. The Kier molecular flexibility index (Phi) is 4.07. The first-order chi connectivity index (χ1) is 8.75. The summed E-state index contributed by atoms with van der Waals surface area (Å²) in [5, 5.41) is 3.90. The standard InChI is InChI=1S/C15H16N2O/c1-12(18)16-9-5-4-6-13-10-14-7-2-3-8-15(14)17-11-13/h2-4,6-8,10-11H,5,9H2,1H3,(H,16,18). The largest absolute Gasteiger partial charge is 0.356 e. The predicted octanol–water partition coefficient (Wildman–Crippen LogP) is 2.77. The van der Waals surface area contributed by atoms with Crippen LogP contribution >= 0.6 is 0 Å². The summed E-state index contributed by atoms with van der Waals surface area (Å²) < 4.78 is 0. The molecule has 0 saturated carbocycles. The van der Waals surface area contributed by atoms with Crippen LogP contribution in [-0.2, 0) is 4.79 Å². The Morgan fingerprint density at radius 2 is 2.22 bits per heavy atom. The molecule has 0 fully saturated rings. The topological polar surface area (TPSA) is 42.0 Å². The lowest BCUT2D eigenvalue weighted by atomic mass is 10.1. The van der Waals surface area contributed by atoms with E-state index in [2.05, 4.69) is 22.4 Å². The SMILES string of the molecule is CC(=O)NCCC=Cc1cnc2ccccc2c1. The molecule has 0 bridgehead atoms. The highest BCUT2D eigenvalue weighted by atomic mass is 16.1. The van der Waals surface area contributed by atoms with Gasteiger partial charge in [-0.25, -0.2) is 0 Å². The van der Waals surface area contributed by atoms with Crippen molar-refractivity contribution in [2.24, 2.45) is 0 Å². The molecule has 1 aromatic heterocycles. The Labute approximate surface area is 107 Å². The fourth-order valence-electron chi connectivity index (χ4n) is 1.73. The van der Waals surface area contributed by atoms with E-state index in [1.165, 1.54) is 6.92 Å². The van der Waals surface area contributed by atoms with Crippen molar-refractivity contribution < 1.29 is 4.79 Å². The minimum absolute atomic E-state index is 0.00997. The third kappa shape index (κ3) is 3.42. The Balaban J connectivity index is 1.99. The summed E-state index contributed by atoms with van der Waals surface area (Å²) in [6, 6.07) is 10.2. The quantitative estimate of drug-likeness (QED) is 0.835. The van der Waals surface area contributed by atoms with Crippen molar-refractivity contribution >= 4 is 22.9 Å². The number of nitrogens with one attached hydrogen (secondary N) is 1. The number of hydrogen-bond acceptors (Lipinski definition) is 2. The normalized spacial score (nSPS) is 10.9. The van der Waals surface area contributed by atoms with E-state index in [0.717, 1.165) is 22.9 Å². The monoisotopic (exact) mass is 240 g/mol. The number of hydrogen-bond donors (Lipinski definition) is 1. The zero-order valence-electron chi connectivity index (χ0n) is 10.4. The van der Waals surface area contributed by atoms with Gasteiger partial charge in [-0.3, -0.25) is 9.78 Å². The van der Waals surface area contributed by atoms with Crippen molar-refractivity contribution in [3.8, 4) is 0 Å². The van der Waals surface area contributed by atoms with Crippen LogP contribution in [0.2, 0.25) is 0 Å². The molecule has 0 unspecified atom stereocenters. The number of carbonyl (C=O) groups is 1. The van der Waals surface area contributed by atoms with Gasteiger partial charge >= 0.3 is 0 Å². The molecular weight excluding hydrogens is 224 g/mol. The van der Waals surface area contributed by atoms with Crippen LogP contribution in [0.1, 0.15) is 18.9 Å². The van der Waals surface area contributed by atoms with Crippen molar-refractivity contribution in [1.82, 2.24) is 10.3 Å². The van der Waals surface area contributed by atoms with Gasteiger partial charge < -0.3 is 5.32 Å². The van der Waals surface area contributed by atoms with Crippen molar-refractivity contribution in [1.29, 1.82) is 0 Å².